The zero-order chi connectivity index (χ0) is 42.5. The summed E-state index contributed by atoms with van der Waals surface area (Å²) < 4.78 is 6.26. The highest BCUT2D eigenvalue weighted by atomic mass is 16.5. The number of fused-ring (bicyclic) bond motifs is 1. The molecule has 4 heterocycles. The Balaban J connectivity index is 0.859. The van der Waals surface area contributed by atoms with Gasteiger partial charge in [0.2, 0.25) is 11.8 Å². The predicted octanol–water partition coefficient (Wildman–Crippen LogP) is 3.84. The van der Waals surface area contributed by atoms with E-state index in [2.05, 4.69) is 51.6 Å². The molecule has 0 radical (unpaired) electrons. The van der Waals surface area contributed by atoms with Gasteiger partial charge in [-0.3, -0.25) is 34.3 Å². The molecule has 4 amide bonds. The van der Waals surface area contributed by atoms with E-state index >= 15 is 0 Å². The third-order valence-corrected chi connectivity index (χ3v) is 13.1. The van der Waals surface area contributed by atoms with E-state index in [-0.39, 0.29) is 24.2 Å². The number of rotatable bonds is 14. The molecule has 4 N–H and O–H groups in total. The van der Waals surface area contributed by atoms with Gasteiger partial charge in [0.15, 0.2) is 0 Å². The maximum atomic E-state index is 13.6. The molecule has 4 aliphatic heterocycles. The number of amides is 4. The molecule has 1 atom stereocenters. The number of hydrogen-bond acceptors (Lipinski definition) is 10. The zero-order valence-corrected chi connectivity index (χ0v) is 34.8. The minimum atomic E-state index is -1.52. The minimum absolute atomic E-state index is 0.0935. The normalized spacial score (nSPS) is 20.0. The van der Waals surface area contributed by atoms with E-state index in [0.29, 0.717) is 23.2 Å². The molecule has 0 aromatic heterocycles. The Bertz CT molecular complexity index is 2270. The van der Waals surface area contributed by atoms with Gasteiger partial charge in [0, 0.05) is 39.1 Å². The number of allylic oxidation sites excluding steroid dienone is 1. The van der Waals surface area contributed by atoms with Crippen molar-refractivity contribution in [1.29, 1.82) is 0 Å². The van der Waals surface area contributed by atoms with E-state index < -0.39 is 30.9 Å². The highest BCUT2D eigenvalue weighted by molar-refractivity contribution is 6.58. The smallest absolute Gasteiger partial charge is 0.488 e. The average molecular weight is 824 g/mol. The summed E-state index contributed by atoms with van der Waals surface area (Å²) in [5.74, 6) is -1.11. The van der Waals surface area contributed by atoms with Gasteiger partial charge >= 0.3 is 7.12 Å². The van der Waals surface area contributed by atoms with Gasteiger partial charge < -0.3 is 25.0 Å². The monoisotopic (exact) mass is 823 g/mol. The topological polar surface area (TPSA) is 152 Å². The van der Waals surface area contributed by atoms with E-state index in [1.54, 1.807) is 18.2 Å². The van der Waals surface area contributed by atoms with Crippen LogP contribution in [0.15, 0.2) is 97.1 Å². The summed E-state index contributed by atoms with van der Waals surface area (Å²) in [6, 6.07) is 30.7. The number of hydrogen-bond donors (Lipinski definition) is 4. The number of carbonyl (C=O) groups is 4. The van der Waals surface area contributed by atoms with Crippen molar-refractivity contribution in [1.82, 2.24) is 25.3 Å². The van der Waals surface area contributed by atoms with Crippen LogP contribution in [-0.2, 0) is 15.0 Å². The van der Waals surface area contributed by atoms with Gasteiger partial charge in [0.1, 0.15) is 18.4 Å². The number of ether oxygens (including phenoxy) is 1. The number of nitrogens with one attached hydrogen (secondary N) is 2. The van der Waals surface area contributed by atoms with Gasteiger partial charge in [-0.05, 0) is 120 Å². The molecule has 3 saturated heterocycles. The molecule has 0 bridgehead atoms. The van der Waals surface area contributed by atoms with Crippen LogP contribution in [0.25, 0.3) is 11.1 Å². The van der Waals surface area contributed by atoms with Crippen LogP contribution in [0.1, 0.15) is 88.4 Å². The van der Waals surface area contributed by atoms with Crippen LogP contribution in [0.3, 0.4) is 0 Å². The molecule has 4 aromatic rings. The van der Waals surface area contributed by atoms with Gasteiger partial charge in [0.25, 0.3) is 11.8 Å². The summed E-state index contributed by atoms with van der Waals surface area (Å²) in [5, 5.41) is 25.1. The maximum Gasteiger partial charge on any atom is 0.488 e. The molecule has 4 aromatic carbocycles. The standard InChI is InChI=1S/C48H54BN5O7/c1-2-39(33-6-4-3-5-7-33)44(34-8-13-37(14-9-34)49(59)60)35-10-15-38(16-11-35)61-31-30-53-28-26-52(27-29-53)25-22-48(20-23-50-24-21-48)36-12-17-40-41(32-36)47(58)54(46(40)57)42-18-19-43(55)51-45(42)56/h3-17,32,42,50,59-60H,2,18-31H2,1H3,(H,51,55,56)/b44-39+. The summed E-state index contributed by atoms with van der Waals surface area (Å²) in [6.07, 6.45) is 3.84. The quantitative estimate of drug-likeness (QED) is 0.0840. The molecule has 316 valence electrons. The van der Waals surface area contributed by atoms with Crippen LogP contribution >= 0.6 is 0 Å². The number of nitrogens with zero attached hydrogens (tertiary/aromatic N) is 3. The van der Waals surface area contributed by atoms with E-state index in [0.717, 1.165) is 117 Å². The third-order valence-electron chi connectivity index (χ3n) is 13.1. The Hall–Kier alpha value is -5.44. The van der Waals surface area contributed by atoms with Gasteiger partial charge in [-0.1, -0.05) is 79.7 Å². The second kappa shape index (κ2) is 18.7. The molecular formula is C48H54BN5O7. The second-order valence-electron chi connectivity index (χ2n) is 16.6. The largest absolute Gasteiger partial charge is 0.492 e. The first-order valence-corrected chi connectivity index (χ1v) is 21.6. The molecule has 8 rings (SSSR count). The van der Waals surface area contributed by atoms with Crippen molar-refractivity contribution in [2.75, 3.05) is 59.0 Å². The molecule has 0 saturated carbocycles. The van der Waals surface area contributed by atoms with Crippen molar-refractivity contribution in [3.63, 3.8) is 0 Å². The van der Waals surface area contributed by atoms with Crippen LogP contribution in [0.5, 0.6) is 5.75 Å². The fourth-order valence-electron chi connectivity index (χ4n) is 9.51. The van der Waals surface area contributed by atoms with Crippen molar-refractivity contribution in [2.24, 2.45) is 0 Å². The lowest BCUT2D eigenvalue weighted by molar-refractivity contribution is -0.136. The van der Waals surface area contributed by atoms with Crippen molar-refractivity contribution < 1.29 is 34.0 Å². The fourth-order valence-corrected chi connectivity index (χ4v) is 9.51. The molecule has 1 unspecified atom stereocenters. The molecule has 61 heavy (non-hydrogen) atoms. The Labute approximate surface area is 357 Å². The van der Waals surface area contributed by atoms with Crippen molar-refractivity contribution >= 4 is 47.4 Å². The lowest BCUT2D eigenvalue weighted by atomic mass is 9.70. The zero-order valence-electron chi connectivity index (χ0n) is 34.8. The Morgan fingerprint density at radius 3 is 2.05 bits per heavy atom. The lowest BCUT2D eigenvalue weighted by Gasteiger charge is -2.41. The Kier molecular flexibility index (Phi) is 12.9. The van der Waals surface area contributed by atoms with Crippen LogP contribution in [0.4, 0.5) is 0 Å². The van der Waals surface area contributed by atoms with Crippen molar-refractivity contribution in [3.8, 4) is 5.75 Å². The van der Waals surface area contributed by atoms with Crippen LogP contribution in [0.2, 0.25) is 0 Å². The third kappa shape index (κ3) is 9.12. The van der Waals surface area contributed by atoms with Crippen molar-refractivity contribution in [2.45, 2.75) is 56.9 Å². The second-order valence-corrected chi connectivity index (χ2v) is 16.6. The van der Waals surface area contributed by atoms with E-state index in [1.165, 1.54) is 5.57 Å². The van der Waals surface area contributed by atoms with Crippen LogP contribution in [-0.4, -0.2) is 121 Å². The fraction of sp³-hybridized carbons (Fsp3) is 0.375. The Morgan fingerprint density at radius 1 is 0.770 bits per heavy atom. The van der Waals surface area contributed by atoms with Gasteiger partial charge in [0.05, 0.1) is 11.1 Å². The number of carbonyl (C=O) groups excluding carboxylic acids is 4. The van der Waals surface area contributed by atoms with E-state index in [4.69, 9.17) is 4.74 Å². The molecule has 3 fully saturated rings. The number of piperidine rings is 2. The molecule has 0 spiro atoms. The van der Waals surface area contributed by atoms with Gasteiger partial charge in [-0.25, -0.2) is 0 Å². The highest BCUT2D eigenvalue weighted by Crippen LogP contribution is 2.40. The molecule has 4 aliphatic rings. The summed E-state index contributed by atoms with van der Waals surface area (Å²) in [6.45, 7) is 10.0. The van der Waals surface area contributed by atoms with Gasteiger partial charge in [-0.15, -0.1) is 0 Å². The van der Waals surface area contributed by atoms with E-state index in [1.807, 2.05) is 54.6 Å². The number of piperazine rings is 1. The highest BCUT2D eigenvalue weighted by Gasteiger charge is 2.46. The molecule has 13 heteroatoms. The Morgan fingerprint density at radius 2 is 1.41 bits per heavy atom. The lowest BCUT2D eigenvalue weighted by Crippen LogP contribution is -2.54. The summed E-state index contributed by atoms with van der Waals surface area (Å²) in [4.78, 5) is 57.4. The first kappa shape index (κ1) is 42.3. The summed E-state index contributed by atoms with van der Waals surface area (Å²) in [7, 11) is -1.52. The van der Waals surface area contributed by atoms with Gasteiger partial charge in [-0.2, -0.15) is 0 Å². The van der Waals surface area contributed by atoms with Crippen LogP contribution < -0.4 is 20.8 Å². The first-order chi connectivity index (χ1) is 29.6. The molecular weight excluding hydrogens is 769 g/mol. The maximum absolute atomic E-state index is 13.6. The number of benzene rings is 4. The number of imide groups is 2. The summed E-state index contributed by atoms with van der Waals surface area (Å²) in [5.41, 5.74) is 7.55. The SMILES string of the molecule is CC/C(=C(\c1ccc(OCCN2CCN(CCC3(c4ccc5c(c4)C(=O)N(C4CCC(=O)NC4=O)C5=O)CCNCC3)CC2)cc1)c1ccc(B(O)O)cc1)c1ccccc1. The molecule has 0 aliphatic carbocycles. The van der Waals surface area contributed by atoms with Crippen molar-refractivity contribution in [3.05, 3.63) is 130 Å². The predicted molar refractivity (Wildman–Crippen MR) is 235 cm³/mol. The van der Waals surface area contributed by atoms with E-state index in [9.17, 15) is 29.2 Å². The molecule has 12 nitrogen and oxygen atoms in total. The summed E-state index contributed by atoms with van der Waals surface area (Å²) >= 11 is 0. The minimum Gasteiger partial charge on any atom is -0.492 e. The average Bonchev–Trinajstić information content (AvgIpc) is 3.53. The van der Waals surface area contributed by atoms with Crippen LogP contribution in [0, 0.1) is 0 Å². The first-order valence-electron chi connectivity index (χ1n) is 21.6.